The van der Waals surface area contributed by atoms with Gasteiger partial charge in [0.15, 0.2) is 0 Å². The van der Waals surface area contributed by atoms with E-state index >= 15 is 0 Å². The van der Waals surface area contributed by atoms with Gasteiger partial charge in [0.25, 0.3) is 0 Å². The average Bonchev–Trinajstić information content (AvgIpc) is 2.65. The van der Waals surface area contributed by atoms with Crippen LogP contribution in [0.3, 0.4) is 0 Å². The number of nitrogens with zero attached hydrogens (tertiary/aromatic N) is 2. The normalized spacial score (nSPS) is 22.7. The van der Waals surface area contributed by atoms with E-state index in [1.807, 2.05) is 0 Å². The Labute approximate surface area is 74.2 Å². The largest absolute Gasteiger partial charge is 0.356 e. The van der Waals surface area contributed by atoms with E-state index in [-0.39, 0.29) is 11.8 Å². The van der Waals surface area contributed by atoms with Crippen LogP contribution in [0, 0.1) is 5.92 Å². The molecule has 12 heavy (non-hydrogen) atoms. The summed E-state index contributed by atoms with van der Waals surface area (Å²) in [5.74, 6) is 0.315. The van der Waals surface area contributed by atoms with Crippen LogP contribution in [0.4, 0.5) is 0 Å². The van der Waals surface area contributed by atoms with Gasteiger partial charge >= 0.3 is 0 Å². The molecule has 1 amide bonds. The van der Waals surface area contributed by atoms with Crippen molar-refractivity contribution in [3.05, 3.63) is 11.1 Å². The summed E-state index contributed by atoms with van der Waals surface area (Å²) < 4.78 is 3.75. The molecule has 0 saturated carbocycles. The molecule has 64 valence electrons. The fourth-order valence-corrected chi connectivity index (χ4v) is 1.93. The molecule has 0 bridgehead atoms. The molecule has 0 aromatic carbocycles. The number of hydrogen-bond acceptors (Lipinski definition) is 4. The monoisotopic (exact) mass is 183 g/mol. The van der Waals surface area contributed by atoms with Gasteiger partial charge in [-0.25, -0.2) is 0 Å². The number of hydrogen-bond donors (Lipinski definition) is 1. The topological polar surface area (TPSA) is 54.9 Å². The molecular weight excluding hydrogens is 174 g/mol. The van der Waals surface area contributed by atoms with Crippen LogP contribution in [-0.2, 0) is 11.2 Å². The predicted molar refractivity (Wildman–Crippen MR) is 44.7 cm³/mol. The van der Waals surface area contributed by atoms with Crippen molar-refractivity contribution in [1.82, 2.24) is 14.9 Å². The number of rotatable bonds is 2. The van der Waals surface area contributed by atoms with Gasteiger partial charge in [0.2, 0.25) is 5.91 Å². The van der Waals surface area contributed by atoms with E-state index in [2.05, 4.69) is 14.9 Å². The summed E-state index contributed by atoms with van der Waals surface area (Å²) in [7, 11) is 0. The Morgan fingerprint density at radius 2 is 2.67 bits per heavy atom. The third-order valence-corrected chi connectivity index (χ3v) is 2.70. The number of aromatic nitrogens is 2. The highest BCUT2D eigenvalue weighted by atomic mass is 32.1. The molecule has 0 spiro atoms. The summed E-state index contributed by atoms with van der Waals surface area (Å²) in [6.45, 7) is 0.815. The maximum absolute atomic E-state index is 11.2. The summed E-state index contributed by atoms with van der Waals surface area (Å²) >= 11 is 1.37. The van der Waals surface area contributed by atoms with E-state index < -0.39 is 0 Å². The van der Waals surface area contributed by atoms with Crippen LogP contribution in [0.1, 0.15) is 11.3 Å². The highest BCUT2D eigenvalue weighted by molar-refractivity contribution is 7.05. The van der Waals surface area contributed by atoms with Gasteiger partial charge in [-0.2, -0.15) is 0 Å². The minimum atomic E-state index is 0.146. The summed E-state index contributed by atoms with van der Waals surface area (Å²) in [6, 6.07) is 0. The van der Waals surface area contributed by atoms with Crippen molar-refractivity contribution in [1.29, 1.82) is 0 Å². The third-order valence-electron chi connectivity index (χ3n) is 2.02. The van der Waals surface area contributed by atoms with Gasteiger partial charge in [0, 0.05) is 17.3 Å². The van der Waals surface area contributed by atoms with E-state index in [0.29, 0.717) is 0 Å². The van der Waals surface area contributed by atoms with Gasteiger partial charge in [-0.3, -0.25) is 4.79 Å². The quantitative estimate of drug-likeness (QED) is 0.713. The third kappa shape index (κ3) is 1.45. The van der Waals surface area contributed by atoms with Crippen LogP contribution in [0.15, 0.2) is 6.20 Å². The van der Waals surface area contributed by atoms with Crippen LogP contribution in [0.5, 0.6) is 0 Å². The van der Waals surface area contributed by atoms with E-state index in [4.69, 9.17) is 0 Å². The summed E-state index contributed by atoms with van der Waals surface area (Å²) in [5.41, 5.74) is 0. The second-order valence-electron chi connectivity index (χ2n) is 2.86. The van der Waals surface area contributed by atoms with Crippen molar-refractivity contribution in [3.63, 3.8) is 0 Å². The predicted octanol–water partition coefficient (Wildman–Crippen LogP) is 0.217. The first kappa shape index (κ1) is 7.67. The van der Waals surface area contributed by atoms with Crippen molar-refractivity contribution in [2.45, 2.75) is 12.8 Å². The molecular formula is C7H9N3OS. The molecule has 5 heteroatoms. The molecule has 1 aliphatic heterocycles. The Morgan fingerprint density at radius 1 is 1.75 bits per heavy atom. The van der Waals surface area contributed by atoms with Gasteiger partial charge in [0.05, 0.1) is 6.20 Å². The molecule has 1 N–H and O–H groups in total. The number of nitrogens with one attached hydrogen (secondary N) is 1. The zero-order valence-corrected chi connectivity index (χ0v) is 7.30. The number of carbonyl (C=O) groups excluding carboxylic acids is 1. The number of carbonyl (C=O) groups is 1. The van der Waals surface area contributed by atoms with Crippen molar-refractivity contribution in [3.8, 4) is 0 Å². The van der Waals surface area contributed by atoms with E-state index in [9.17, 15) is 4.79 Å². The van der Waals surface area contributed by atoms with E-state index in [1.165, 1.54) is 11.5 Å². The summed E-state index contributed by atoms with van der Waals surface area (Å²) in [4.78, 5) is 12.2. The molecule has 2 rings (SSSR count). The Balaban J connectivity index is 1.99. The first-order chi connectivity index (χ1) is 5.86. The van der Waals surface area contributed by atoms with E-state index in [0.717, 1.165) is 24.3 Å². The second kappa shape index (κ2) is 3.18. The Morgan fingerprint density at radius 3 is 3.25 bits per heavy atom. The molecule has 1 aliphatic rings. The van der Waals surface area contributed by atoms with Gasteiger partial charge in [0.1, 0.15) is 0 Å². The Kier molecular flexibility index (Phi) is 2.03. The van der Waals surface area contributed by atoms with Crippen molar-refractivity contribution in [2.75, 3.05) is 6.54 Å². The lowest BCUT2D eigenvalue weighted by molar-refractivity contribution is -0.122. The molecule has 0 radical (unpaired) electrons. The van der Waals surface area contributed by atoms with Crippen molar-refractivity contribution in [2.24, 2.45) is 5.92 Å². The van der Waals surface area contributed by atoms with Gasteiger partial charge in [-0.05, 0) is 24.4 Å². The van der Waals surface area contributed by atoms with Gasteiger partial charge in [-0.1, -0.05) is 4.49 Å². The van der Waals surface area contributed by atoms with Gasteiger partial charge in [-0.15, -0.1) is 5.10 Å². The summed E-state index contributed by atoms with van der Waals surface area (Å²) in [6.07, 6.45) is 3.47. The SMILES string of the molecule is O=C1NCCC1Cc1cnns1. The lowest BCUT2D eigenvalue weighted by atomic mass is 10.0. The minimum absolute atomic E-state index is 0.146. The lowest BCUT2D eigenvalue weighted by Gasteiger charge is -2.01. The average molecular weight is 183 g/mol. The molecule has 1 aromatic heterocycles. The first-order valence-corrected chi connectivity index (χ1v) is 4.67. The lowest BCUT2D eigenvalue weighted by Crippen LogP contribution is -2.20. The molecule has 1 aromatic rings. The minimum Gasteiger partial charge on any atom is -0.356 e. The van der Waals surface area contributed by atoms with Crippen LogP contribution in [0.25, 0.3) is 0 Å². The van der Waals surface area contributed by atoms with Crippen LogP contribution >= 0.6 is 11.5 Å². The molecule has 4 nitrogen and oxygen atoms in total. The molecule has 1 atom stereocenters. The highest BCUT2D eigenvalue weighted by Gasteiger charge is 2.24. The maximum atomic E-state index is 11.2. The Hall–Kier alpha value is -0.970. The zero-order valence-electron chi connectivity index (χ0n) is 6.49. The van der Waals surface area contributed by atoms with Gasteiger partial charge < -0.3 is 5.32 Å². The summed E-state index contributed by atoms with van der Waals surface area (Å²) in [5, 5.41) is 6.53. The van der Waals surface area contributed by atoms with E-state index in [1.54, 1.807) is 6.20 Å². The zero-order chi connectivity index (χ0) is 8.39. The van der Waals surface area contributed by atoms with Crippen LogP contribution in [-0.4, -0.2) is 22.0 Å². The molecule has 0 aliphatic carbocycles. The van der Waals surface area contributed by atoms with Crippen molar-refractivity contribution < 1.29 is 4.79 Å². The fourth-order valence-electron chi connectivity index (χ4n) is 1.36. The Bertz CT molecular complexity index is 272. The standard InChI is InChI=1S/C7H9N3OS/c11-7-5(1-2-8-7)3-6-4-9-10-12-6/h4-5H,1-3H2,(H,8,11). The molecule has 2 heterocycles. The fraction of sp³-hybridized carbons (Fsp3) is 0.571. The van der Waals surface area contributed by atoms with Crippen molar-refractivity contribution >= 4 is 17.4 Å². The molecule has 1 fully saturated rings. The molecule has 1 unspecified atom stereocenters. The first-order valence-electron chi connectivity index (χ1n) is 3.90. The smallest absolute Gasteiger partial charge is 0.223 e. The molecule has 1 saturated heterocycles. The maximum Gasteiger partial charge on any atom is 0.223 e. The number of amides is 1. The second-order valence-corrected chi connectivity index (χ2v) is 3.73. The highest BCUT2D eigenvalue weighted by Crippen LogP contribution is 2.17. The van der Waals surface area contributed by atoms with Crippen LogP contribution in [0.2, 0.25) is 0 Å². The van der Waals surface area contributed by atoms with Crippen LogP contribution < -0.4 is 5.32 Å².